The van der Waals surface area contributed by atoms with Crippen LogP contribution in [-0.2, 0) is 4.79 Å². The average Bonchev–Trinajstić information content (AvgIpc) is 2.37. The number of carbonyl (C=O) groups is 2. The summed E-state index contributed by atoms with van der Waals surface area (Å²) in [6, 6.07) is 4.65. The topological polar surface area (TPSA) is 66.4 Å². The molecule has 1 unspecified atom stereocenters. The van der Waals surface area contributed by atoms with E-state index in [0.717, 1.165) is 6.42 Å². The first kappa shape index (κ1) is 17.8. The first-order valence-corrected chi connectivity index (χ1v) is 7.50. The summed E-state index contributed by atoms with van der Waals surface area (Å²) >= 11 is 11.8. The van der Waals surface area contributed by atoms with E-state index in [9.17, 15) is 9.59 Å². The van der Waals surface area contributed by atoms with E-state index in [-0.39, 0.29) is 18.2 Å². The molecule has 2 N–H and O–H groups in total. The van der Waals surface area contributed by atoms with Crippen LogP contribution in [0, 0.1) is 11.8 Å². The molecule has 1 rings (SSSR count). The lowest BCUT2D eigenvalue weighted by molar-refractivity contribution is -0.138. The molecule has 0 saturated heterocycles. The van der Waals surface area contributed by atoms with Gasteiger partial charge in [0.25, 0.3) is 5.91 Å². The Morgan fingerprint density at radius 2 is 1.95 bits per heavy atom. The van der Waals surface area contributed by atoms with Crippen molar-refractivity contribution < 1.29 is 14.7 Å². The van der Waals surface area contributed by atoms with Gasteiger partial charge in [-0.25, -0.2) is 0 Å². The summed E-state index contributed by atoms with van der Waals surface area (Å²) in [5.74, 6) is -0.956. The number of halogens is 2. The molecule has 0 aliphatic carbocycles. The molecule has 116 valence electrons. The van der Waals surface area contributed by atoms with Gasteiger partial charge in [0.15, 0.2) is 0 Å². The lowest BCUT2D eigenvalue weighted by Gasteiger charge is -2.18. The smallest absolute Gasteiger partial charge is 0.303 e. The standard InChI is InChI=1S/C15H19Cl2NO3/c1-9(2)5-10(6-14(19)20)8-18-15(21)12-7-11(16)3-4-13(12)17/h3-4,7,9-10H,5-6,8H2,1-2H3,(H,18,21)(H,19,20). The molecule has 6 heteroatoms. The molecule has 0 aliphatic heterocycles. The van der Waals surface area contributed by atoms with E-state index in [1.165, 1.54) is 6.07 Å². The lowest BCUT2D eigenvalue weighted by atomic mass is 9.94. The number of carbonyl (C=O) groups excluding carboxylic acids is 1. The highest BCUT2D eigenvalue weighted by molar-refractivity contribution is 6.35. The fourth-order valence-electron chi connectivity index (χ4n) is 2.16. The van der Waals surface area contributed by atoms with Gasteiger partial charge in [-0.2, -0.15) is 0 Å². The van der Waals surface area contributed by atoms with Gasteiger partial charge in [-0.05, 0) is 36.5 Å². The summed E-state index contributed by atoms with van der Waals surface area (Å²) in [7, 11) is 0. The van der Waals surface area contributed by atoms with E-state index in [0.29, 0.717) is 28.1 Å². The Kier molecular flexibility index (Phi) is 6.99. The summed E-state index contributed by atoms with van der Waals surface area (Å²) in [5.41, 5.74) is 0.294. The zero-order valence-corrected chi connectivity index (χ0v) is 13.5. The van der Waals surface area contributed by atoms with Crippen molar-refractivity contribution in [2.24, 2.45) is 11.8 Å². The minimum Gasteiger partial charge on any atom is -0.481 e. The minimum atomic E-state index is -0.865. The predicted octanol–water partition coefficient (Wildman–Crippen LogP) is 3.86. The van der Waals surface area contributed by atoms with Crippen molar-refractivity contribution in [3.05, 3.63) is 33.8 Å². The average molecular weight is 332 g/mol. The van der Waals surface area contributed by atoms with Gasteiger partial charge in [0.05, 0.1) is 10.6 Å². The summed E-state index contributed by atoms with van der Waals surface area (Å²) in [5, 5.41) is 12.4. The van der Waals surface area contributed by atoms with Crippen molar-refractivity contribution in [2.75, 3.05) is 6.54 Å². The van der Waals surface area contributed by atoms with Gasteiger partial charge in [-0.3, -0.25) is 9.59 Å². The fourth-order valence-corrected chi connectivity index (χ4v) is 2.53. The molecule has 1 aromatic carbocycles. The van der Waals surface area contributed by atoms with Gasteiger partial charge in [-0.1, -0.05) is 37.0 Å². The third-order valence-corrected chi connectivity index (χ3v) is 3.56. The van der Waals surface area contributed by atoms with Crippen molar-refractivity contribution in [1.29, 1.82) is 0 Å². The van der Waals surface area contributed by atoms with E-state index >= 15 is 0 Å². The Bertz CT molecular complexity index is 518. The number of hydrogen-bond acceptors (Lipinski definition) is 2. The van der Waals surface area contributed by atoms with E-state index in [4.69, 9.17) is 28.3 Å². The summed E-state index contributed by atoms with van der Waals surface area (Å²) in [4.78, 5) is 22.9. The maximum absolute atomic E-state index is 12.1. The Balaban J connectivity index is 2.68. The second kappa shape index (κ2) is 8.25. The van der Waals surface area contributed by atoms with Gasteiger partial charge in [-0.15, -0.1) is 0 Å². The Morgan fingerprint density at radius 1 is 1.29 bits per heavy atom. The molecule has 1 amide bonds. The number of amides is 1. The van der Waals surface area contributed by atoms with Crippen molar-refractivity contribution in [3.8, 4) is 0 Å². The summed E-state index contributed by atoms with van der Waals surface area (Å²) < 4.78 is 0. The number of carboxylic acids is 1. The number of rotatable bonds is 7. The number of hydrogen-bond donors (Lipinski definition) is 2. The van der Waals surface area contributed by atoms with Crippen LogP contribution in [0.5, 0.6) is 0 Å². The van der Waals surface area contributed by atoms with Crippen LogP contribution in [0.4, 0.5) is 0 Å². The van der Waals surface area contributed by atoms with Crippen LogP contribution in [0.2, 0.25) is 10.0 Å². The molecule has 0 bridgehead atoms. The highest BCUT2D eigenvalue weighted by Gasteiger charge is 2.17. The zero-order chi connectivity index (χ0) is 16.0. The molecular weight excluding hydrogens is 313 g/mol. The molecule has 1 aromatic rings. The van der Waals surface area contributed by atoms with E-state index in [1.807, 2.05) is 13.8 Å². The Hall–Kier alpha value is -1.26. The van der Waals surface area contributed by atoms with Crippen LogP contribution in [-0.4, -0.2) is 23.5 Å². The third-order valence-electron chi connectivity index (χ3n) is 2.99. The van der Waals surface area contributed by atoms with E-state index < -0.39 is 5.97 Å². The molecular formula is C15H19Cl2NO3. The zero-order valence-electron chi connectivity index (χ0n) is 12.0. The van der Waals surface area contributed by atoms with Gasteiger partial charge in [0, 0.05) is 18.0 Å². The first-order chi connectivity index (χ1) is 9.79. The van der Waals surface area contributed by atoms with Crippen LogP contribution in [0.15, 0.2) is 18.2 Å². The van der Waals surface area contributed by atoms with Gasteiger partial charge in [0.1, 0.15) is 0 Å². The third kappa shape index (κ3) is 6.36. The van der Waals surface area contributed by atoms with Crippen molar-refractivity contribution in [1.82, 2.24) is 5.32 Å². The molecule has 1 atom stereocenters. The molecule has 0 radical (unpaired) electrons. The lowest BCUT2D eigenvalue weighted by Crippen LogP contribution is -2.31. The number of carboxylic acid groups (broad SMARTS) is 1. The van der Waals surface area contributed by atoms with Crippen LogP contribution >= 0.6 is 23.2 Å². The molecule has 0 spiro atoms. The highest BCUT2D eigenvalue weighted by atomic mass is 35.5. The number of benzene rings is 1. The maximum atomic E-state index is 12.1. The Labute approximate surface area is 134 Å². The molecule has 0 aliphatic rings. The Morgan fingerprint density at radius 3 is 2.52 bits per heavy atom. The van der Waals surface area contributed by atoms with E-state index in [1.54, 1.807) is 12.1 Å². The number of aliphatic carboxylic acids is 1. The molecule has 21 heavy (non-hydrogen) atoms. The van der Waals surface area contributed by atoms with Gasteiger partial charge in [0.2, 0.25) is 0 Å². The molecule has 0 heterocycles. The van der Waals surface area contributed by atoms with Gasteiger partial charge < -0.3 is 10.4 Å². The van der Waals surface area contributed by atoms with E-state index in [2.05, 4.69) is 5.32 Å². The van der Waals surface area contributed by atoms with Crippen molar-refractivity contribution in [2.45, 2.75) is 26.7 Å². The molecule has 0 saturated carbocycles. The van der Waals surface area contributed by atoms with Crippen LogP contribution < -0.4 is 5.32 Å². The molecule has 4 nitrogen and oxygen atoms in total. The molecule has 0 fully saturated rings. The van der Waals surface area contributed by atoms with Crippen LogP contribution in [0.1, 0.15) is 37.0 Å². The summed E-state index contributed by atoms with van der Waals surface area (Å²) in [6.07, 6.45) is 0.762. The van der Waals surface area contributed by atoms with Crippen molar-refractivity contribution in [3.63, 3.8) is 0 Å². The summed E-state index contributed by atoms with van der Waals surface area (Å²) in [6.45, 7) is 4.33. The maximum Gasteiger partial charge on any atom is 0.303 e. The monoisotopic (exact) mass is 331 g/mol. The SMILES string of the molecule is CC(C)CC(CNC(=O)c1cc(Cl)ccc1Cl)CC(=O)O. The molecule has 0 aromatic heterocycles. The van der Waals surface area contributed by atoms with Crippen molar-refractivity contribution >= 4 is 35.1 Å². The second-order valence-corrected chi connectivity index (χ2v) is 6.27. The predicted molar refractivity (Wildman–Crippen MR) is 84.0 cm³/mol. The van der Waals surface area contributed by atoms with Gasteiger partial charge >= 0.3 is 5.97 Å². The quantitative estimate of drug-likeness (QED) is 0.797. The largest absolute Gasteiger partial charge is 0.481 e. The minimum absolute atomic E-state index is 0.0295. The first-order valence-electron chi connectivity index (χ1n) is 6.74. The van der Waals surface area contributed by atoms with Crippen LogP contribution in [0.3, 0.4) is 0 Å². The highest BCUT2D eigenvalue weighted by Crippen LogP contribution is 2.21. The van der Waals surface area contributed by atoms with Crippen LogP contribution in [0.25, 0.3) is 0 Å². The fraction of sp³-hybridized carbons (Fsp3) is 0.467. The number of nitrogens with one attached hydrogen (secondary N) is 1. The second-order valence-electron chi connectivity index (χ2n) is 5.43. The normalized spacial score (nSPS) is 12.2.